The van der Waals surface area contributed by atoms with Gasteiger partial charge in [0.25, 0.3) is 0 Å². The van der Waals surface area contributed by atoms with Gasteiger partial charge in [-0.25, -0.2) is 4.79 Å². The summed E-state index contributed by atoms with van der Waals surface area (Å²) >= 11 is 5.30. The van der Waals surface area contributed by atoms with Gasteiger partial charge in [0.1, 0.15) is 5.60 Å². The Bertz CT molecular complexity index is 307. The van der Waals surface area contributed by atoms with Crippen molar-refractivity contribution in [2.75, 3.05) is 32.7 Å². The molecule has 6 heteroatoms. The lowest BCUT2D eigenvalue weighted by molar-refractivity contribution is -0.112. The van der Waals surface area contributed by atoms with Gasteiger partial charge in [-0.1, -0.05) is 0 Å². The molecule has 0 aromatic rings. The second-order valence-corrected chi connectivity index (χ2v) is 5.84. The number of amides is 1. The average molecular weight is 277 g/mol. The molecule has 0 atom stereocenters. The number of piperazine rings is 1. The molecule has 1 aliphatic rings. The van der Waals surface area contributed by atoms with Crippen molar-refractivity contribution in [3.8, 4) is 0 Å². The van der Waals surface area contributed by atoms with Gasteiger partial charge in [-0.3, -0.25) is 9.69 Å². The van der Waals surface area contributed by atoms with Crippen LogP contribution in [0.3, 0.4) is 0 Å². The monoisotopic (exact) mass is 276 g/mol. The maximum absolute atomic E-state index is 11.8. The molecule has 0 aromatic carbocycles. The van der Waals surface area contributed by atoms with Crippen LogP contribution in [0.2, 0.25) is 0 Å². The van der Waals surface area contributed by atoms with Gasteiger partial charge >= 0.3 is 6.09 Å². The van der Waals surface area contributed by atoms with Gasteiger partial charge in [0.05, 0.1) is 0 Å². The Hall–Kier alpha value is -0.810. The predicted molar refractivity (Wildman–Crippen MR) is 69.7 cm³/mol. The standard InChI is InChI=1S/C12H21ClN2O3/c1-12(2,3)18-11(17)15-8-6-14(7-9-15)5-4-10(13)16/h4-9H2,1-3H3. The van der Waals surface area contributed by atoms with Crippen molar-refractivity contribution in [2.45, 2.75) is 32.8 Å². The molecule has 0 bridgehead atoms. The summed E-state index contributed by atoms with van der Waals surface area (Å²) in [6.45, 7) is 8.99. The largest absolute Gasteiger partial charge is 0.444 e. The minimum atomic E-state index is -0.459. The number of rotatable bonds is 3. The number of carbonyl (C=O) groups excluding carboxylic acids is 2. The van der Waals surface area contributed by atoms with Crippen LogP contribution in [0.15, 0.2) is 0 Å². The minimum Gasteiger partial charge on any atom is -0.444 e. The van der Waals surface area contributed by atoms with E-state index in [-0.39, 0.29) is 11.3 Å². The Balaban J connectivity index is 2.30. The van der Waals surface area contributed by atoms with Crippen molar-refractivity contribution >= 4 is 22.9 Å². The molecule has 0 aliphatic carbocycles. The molecular formula is C12H21ClN2O3. The Morgan fingerprint density at radius 1 is 1.17 bits per heavy atom. The highest BCUT2D eigenvalue weighted by Crippen LogP contribution is 2.12. The molecule has 0 spiro atoms. The number of carbonyl (C=O) groups is 2. The summed E-state index contributed by atoms with van der Waals surface area (Å²) in [7, 11) is 0. The number of nitrogens with zero attached hydrogens (tertiary/aromatic N) is 2. The molecule has 1 fully saturated rings. The van der Waals surface area contributed by atoms with Gasteiger partial charge in [0, 0.05) is 39.1 Å². The molecule has 18 heavy (non-hydrogen) atoms. The van der Waals surface area contributed by atoms with Gasteiger partial charge < -0.3 is 9.64 Å². The Kier molecular flexibility index (Phi) is 5.41. The zero-order valence-corrected chi connectivity index (χ0v) is 12.0. The van der Waals surface area contributed by atoms with E-state index in [1.54, 1.807) is 4.90 Å². The summed E-state index contributed by atoms with van der Waals surface area (Å²) < 4.78 is 5.30. The topological polar surface area (TPSA) is 49.9 Å². The average Bonchev–Trinajstić information content (AvgIpc) is 2.24. The van der Waals surface area contributed by atoms with E-state index >= 15 is 0 Å². The van der Waals surface area contributed by atoms with Crippen LogP contribution in [-0.4, -0.2) is 59.5 Å². The fourth-order valence-corrected chi connectivity index (χ4v) is 1.81. The van der Waals surface area contributed by atoms with Crippen LogP contribution >= 0.6 is 11.6 Å². The molecule has 1 saturated heterocycles. The quantitative estimate of drug-likeness (QED) is 0.736. The Morgan fingerprint density at radius 3 is 2.17 bits per heavy atom. The van der Waals surface area contributed by atoms with Crippen LogP contribution in [0.5, 0.6) is 0 Å². The van der Waals surface area contributed by atoms with E-state index in [1.165, 1.54) is 0 Å². The van der Waals surface area contributed by atoms with E-state index in [4.69, 9.17) is 16.3 Å². The van der Waals surface area contributed by atoms with Crippen molar-refractivity contribution in [3.63, 3.8) is 0 Å². The molecule has 0 saturated carbocycles. The summed E-state index contributed by atoms with van der Waals surface area (Å²) in [6, 6.07) is 0. The van der Waals surface area contributed by atoms with E-state index in [9.17, 15) is 9.59 Å². The third-order valence-electron chi connectivity index (χ3n) is 2.65. The molecular weight excluding hydrogens is 256 g/mol. The maximum atomic E-state index is 11.8. The molecule has 104 valence electrons. The molecule has 0 aromatic heterocycles. The van der Waals surface area contributed by atoms with Crippen LogP contribution in [0.1, 0.15) is 27.2 Å². The third-order valence-corrected chi connectivity index (χ3v) is 2.84. The normalized spacial score (nSPS) is 17.7. The van der Waals surface area contributed by atoms with E-state index in [2.05, 4.69) is 4.90 Å². The Morgan fingerprint density at radius 2 is 1.72 bits per heavy atom. The number of hydrogen-bond donors (Lipinski definition) is 0. The van der Waals surface area contributed by atoms with Gasteiger partial charge in [-0.2, -0.15) is 0 Å². The first-order valence-electron chi connectivity index (χ1n) is 6.16. The van der Waals surface area contributed by atoms with E-state index < -0.39 is 5.60 Å². The highest BCUT2D eigenvalue weighted by atomic mass is 35.5. The van der Waals surface area contributed by atoms with Crippen molar-refractivity contribution in [1.29, 1.82) is 0 Å². The van der Waals surface area contributed by atoms with Crippen LogP contribution in [0.4, 0.5) is 4.79 Å². The highest BCUT2D eigenvalue weighted by Gasteiger charge is 2.25. The minimum absolute atomic E-state index is 0.268. The van der Waals surface area contributed by atoms with Gasteiger partial charge in [0.15, 0.2) is 0 Å². The third kappa shape index (κ3) is 5.69. The first-order chi connectivity index (χ1) is 8.28. The molecule has 0 unspecified atom stereocenters. The van der Waals surface area contributed by atoms with Crippen molar-refractivity contribution in [1.82, 2.24) is 9.80 Å². The second-order valence-electron chi connectivity index (χ2n) is 5.41. The van der Waals surface area contributed by atoms with Crippen LogP contribution in [-0.2, 0) is 9.53 Å². The summed E-state index contributed by atoms with van der Waals surface area (Å²) in [5.74, 6) is 0. The summed E-state index contributed by atoms with van der Waals surface area (Å²) in [6.07, 6.45) is 0.0872. The molecule has 1 amide bonds. The molecule has 5 nitrogen and oxygen atoms in total. The zero-order chi connectivity index (χ0) is 13.8. The Labute approximate surface area is 113 Å². The van der Waals surface area contributed by atoms with Crippen molar-refractivity contribution in [3.05, 3.63) is 0 Å². The molecule has 1 aliphatic heterocycles. The summed E-state index contributed by atoms with van der Waals surface area (Å²) in [5.41, 5.74) is -0.459. The van der Waals surface area contributed by atoms with Crippen molar-refractivity contribution in [2.24, 2.45) is 0 Å². The highest BCUT2D eigenvalue weighted by molar-refractivity contribution is 6.63. The number of ether oxygens (including phenoxy) is 1. The predicted octanol–water partition coefficient (Wildman–Crippen LogP) is 1.69. The maximum Gasteiger partial charge on any atom is 0.410 e. The van der Waals surface area contributed by atoms with Gasteiger partial charge in [-0.15, -0.1) is 0 Å². The molecule has 0 radical (unpaired) electrons. The van der Waals surface area contributed by atoms with Gasteiger partial charge in [-0.05, 0) is 32.4 Å². The van der Waals surface area contributed by atoms with Gasteiger partial charge in [0.2, 0.25) is 5.24 Å². The smallest absolute Gasteiger partial charge is 0.410 e. The molecule has 0 N–H and O–H groups in total. The lowest BCUT2D eigenvalue weighted by atomic mass is 10.2. The SMILES string of the molecule is CC(C)(C)OC(=O)N1CCN(CCC(=O)Cl)CC1. The first-order valence-corrected chi connectivity index (χ1v) is 6.54. The molecule has 1 rings (SSSR count). The lowest BCUT2D eigenvalue weighted by Crippen LogP contribution is -2.50. The molecule has 1 heterocycles. The fraction of sp³-hybridized carbons (Fsp3) is 0.833. The van der Waals surface area contributed by atoms with Crippen LogP contribution < -0.4 is 0 Å². The number of hydrogen-bond acceptors (Lipinski definition) is 4. The summed E-state index contributed by atoms with van der Waals surface area (Å²) in [4.78, 5) is 26.3. The summed E-state index contributed by atoms with van der Waals surface area (Å²) in [5, 5.41) is -0.315. The number of halogens is 1. The van der Waals surface area contributed by atoms with E-state index in [0.29, 0.717) is 26.1 Å². The van der Waals surface area contributed by atoms with Crippen LogP contribution in [0, 0.1) is 0 Å². The van der Waals surface area contributed by atoms with E-state index in [0.717, 1.165) is 13.1 Å². The second kappa shape index (κ2) is 6.38. The van der Waals surface area contributed by atoms with Crippen LogP contribution in [0.25, 0.3) is 0 Å². The lowest BCUT2D eigenvalue weighted by Gasteiger charge is -2.35. The zero-order valence-electron chi connectivity index (χ0n) is 11.2. The fourth-order valence-electron chi connectivity index (χ4n) is 1.73. The van der Waals surface area contributed by atoms with E-state index in [1.807, 2.05) is 20.8 Å². The van der Waals surface area contributed by atoms with Crippen molar-refractivity contribution < 1.29 is 14.3 Å². The first kappa shape index (κ1) is 15.2.